The van der Waals surface area contributed by atoms with Crippen LogP contribution in [0.25, 0.3) is 0 Å². The first-order valence-electron chi connectivity index (χ1n) is 3.96. The number of hydrogen-bond acceptors (Lipinski definition) is 2. The van der Waals surface area contributed by atoms with E-state index in [2.05, 4.69) is 12.2 Å². The van der Waals surface area contributed by atoms with Gasteiger partial charge in [-0.2, -0.15) is 0 Å². The van der Waals surface area contributed by atoms with E-state index in [0.29, 0.717) is 11.4 Å². The lowest BCUT2D eigenvalue weighted by atomic mass is 10.3. The highest BCUT2D eigenvalue weighted by atomic mass is 32.1. The van der Waals surface area contributed by atoms with E-state index in [4.69, 9.17) is 10.5 Å². The highest BCUT2D eigenvalue weighted by Crippen LogP contribution is 2.15. The van der Waals surface area contributed by atoms with Gasteiger partial charge in [-0.3, -0.25) is 0 Å². The van der Waals surface area contributed by atoms with Crippen molar-refractivity contribution in [1.82, 2.24) is 0 Å². The zero-order valence-electron chi connectivity index (χ0n) is 7.30. The average molecular weight is 217 g/mol. The van der Waals surface area contributed by atoms with Gasteiger partial charge in [0.15, 0.2) is 11.6 Å². The molecule has 0 aliphatic carbocycles. The van der Waals surface area contributed by atoms with E-state index in [9.17, 15) is 8.78 Å². The van der Waals surface area contributed by atoms with E-state index in [-0.39, 0.29) is 12.4 Å². The lowest BCUT2D eigenvalue weighted by Crippen LogP contribution is -2.12. The molecule has 0 saturated carbocycles. The van der Waals surface area contributed by atoms with Gasteiger partial charge in [-0.25, -0.2) is 8.78 Å². The fourth-order valence-corrected chi connectivity index (χ4v) is 0.919. The Balaban J connectivity index is 2.51. The van der Waals surface area contributed by atoms with Crippen LogP contribution in [0.1, 0.15) is 6.42 Å². The maximum absolute atomic E-state index is 12.7. The van der Waals surface area contributed by atoms with Crippen molar-refractivity contribution < 1.29 is 13.5 Å². The van der Waals surface area contributed by atoms with Crippen LogP contribution in [0.2, 0.25) is 0 Å². The highest BCUT2D eigenvalue weighted by molar-refractivity contribution is 7.80. The first-order valence-corrected chi connectivity index (χ1v) is 4.36. The summed E-state index contributed by atoms with van der Waals surface area (Å²) in [5.74, 6) is -1.57. The minimum Gasteiger partial charge on any atom is -0.493 e. The monoisotopic (exact) mass is 217 g/mol. The summed E-state index contributed by atoms with van der Waals surface area (Å²) < 4.78 is 30.2. The number of ether oxygens (including phenoxy) is 1. The molecule has 0 amide bonds. The molecule has 76 valence electrons. The largest absolute Gasteiger partial charge is 0.493 e. The molecule has 1 aromatic carbocycles. The Hall–Kier alpha value is -1.23. The number of thiocarbonyl (C=S) groups is 1. The number of halogens is 2. The smallest absolute Gasteiger partial charge is 0.162 e. The summed E-state index contributed by atoms with van der Waals surface area (Å²) in [4.78, 5) is 0.326. The number of nitrogens with two attached hydrogens (primary N) is 1. The second-order valence-electron chi connectivity index (χ2n) is 2.64. The van der Waals surface area contributed by atoms with Gasteiger partial charge in [0.1, 0.15) is 5.75 Å². The molecular formula is C9H9F2NOS. The van der Waals surface area contributed by atoms with Crippen molar-refractivity contribution in [3.63, 3.8) is 0 Å². The molecule has 2 N–H and O–H groups in total. The van der Waals surface area contributed by atoms with E-state index in [1.54, 1.807) is 0 Å². The second-order valence-corrected chi connectivity index (χ2v) is 3.17. The molecule has 2 nitrogen and oxygen atoms in total. The predicted octanol–water partition coefficient (Wildman–Crippen LogP) is 2.02. The van der Waals surface area contributed by atoms with Crippen LogP contribution in [0.3, 0.4) is 0 Å². The van der Waals surface area contributed by atoms with Crippen molar-refractivity contribution in [3.8, 4) is 5.75 Å². The highest BCUT2D eigenvalue weighted by Gasteiger charge is 2.02. The van der Waals surface area contributed by atoms with Gasteiger partial charge in [0.25, 0.3) is 0 Å². The van der Waals surface area contributed by atoms with Gasteiger partial charge in [-0.05, 0) is 12.1 Å². The van der Waals surface area contributed by atoms with Crippen molar-refractivity contribution >= 4 is 17.2 Å². The summed E-state index contributed by atoms with van der Waals surface area (Å²) in [5.41, 5.74) is 5.23. The van der Waals surface area contributed by atoms with Gasteiger partial charge >= 0.3 is 0 Å². The third-order valence-corrected chi connectivity index (χ3v) is 1.71. The molecule has 0 bridgehead atoms. The van der Waals surface area contributed by atoms with Crippen molar-refractivity contribution in [1.29, 1.82) is 0 Å². The van der Waals surface area contributed by atoms with E-state index in [0.717, 1.165) is 12.1 Å². The minimum atomic E-state index is -0.933. The fraction of sp³-hybridized carbons (Fsp3) is 0.222. The summed E-state index contributed by atoms with van der Waals surface area (Å²) in [7, 11) is 0. The van der Waals surface area contributed by atoms with Crippen molar-refractivity contribution in [2.24, 2.45) is 5.73 Å². The zero-order chi connectivity index (χ0) is 10.6. The Labute approximate surface area is 85.7 Å². The Bertz CT molecular complexity index is 344. The Kier molecular flexibility index (Phi) is 3.76. The molecule has 5 heteroatoms. The maximum atomic E-state index is 12.7. The summed E-state index contributed by atoms with van der Waals surface area (Å²) in [6.45, 7) is 0.264. The number of benzene rings is 1. The molecule has 0 heterocycles. The molecule has 1 aromatic rings. The van der Waals surface area contributed by atoms with Crippen LogP contribution in [0.5, 0.6) is 5.75 Å². The SMILES string of the molecule is NC(=S)CCOc1ccc(F)c(F)c1. The molecule has 0 saturated heterocycles. The minimum absolute atomic E-state index is 0.264. The standard InChI is InChI=1S/C9H9F2NOS/c10-7-2-1-6(5-8(7)11)13-4-3-9(12)14/h1-2,5H,3-4H2,(H2,12,14). The van der Waals surface area contributed by atoms with Crippen molar-refractivity contribution in [2.45, 2.75) is 6.42 Å². The van der Waals surface area contributed by atoms with Crippen molar-refractivity contribution in [3.05, 3.63) is 29.8 Å². The predicted molar refractivity (Wildman–Crippen MR) is 53.3 cm³/mol. The Morgan fingerprint density at radius 3 is 2.64 bits per heavy atom. The lowest BCUT2D eigenvalue weighted by Gasteiger charge is -2.05. The molecule has 1 rings (SSSR count). The average Bonchev–Trinajstić information content (AvgIpc) is 2.10. The third kappa shape index (κ3) is 3.26. The van der Waals surface area contributed by atoms with Crippen LogP contribution in [0.15, 0.2) is 18.2 Å². The molecule has 0 aromatic heterocycles. The Morgan fingerprint density at radius 2 is 2.07 bits per heavy atom. The molecule has 0 spiro atoms. The summed E-state index contributed by atoms with van der Waals surface area (Å²) in [6.07, 6.45) is 0.411. The molecule has 0 aliphatic heterocycles. The summed E-state index contributed by atoms with van der Waals surface area (Å²) in [5, 5.41) is 0. The molecule has 0 aliphatic rings. The quantitative estimate of drug-likeness (QED) is 0.784. The molecular weight excluding hydrogens is 208 g/mol. The van der Waals surface area contributed by atoms with Crippen LogP contribution in [-0.4, -0.2) is 11.6 Å². The lowest BCUT2D eigenvalue weighted by molar-refractivity contribution is 0.326. The van der Waals surface area contributed by atoms with Gasteiger partial charge in [0.2, 0.25) is 0 Å². The van der Waals surface area contributed by atoms with E-state index < -0.39 is 11.6 Å². The van der Waals surface area contributed by atoms with Gasteiger partial charge in [0.05, 0.1) is 11.6 Å². The molecule has 0 unspecified atom stereocenters. The van der Waals surface area contributed by atoms with Gasteiger partial charge in [-0.1, -0.05) is 12.2 Å². The van der Waals surface area contributed by atoms with Crippen LogP contribution in [0.4, 0.5) is 8.78 Å². The summed E-state index contributed by atoms with van der Waals surface area (Å²) >= 11 is 4.62. The van der Waals surface area contributed by atoms with Gasteiger partial charge in [0, 0.05) is 12.5 Å². The fourth-order valence-electron chi connectivity index (χ4n) is 0.836. The van der Waals surface area contributed by atoms with Gasteiger partial charge < -0.3 is 10.5 Å². The van der Waals surface area contributed by atoms with Gasteiger partial charge in [-0.15, -0.1) is 0 Å². The van der Waals surface area contributed by atoms with Crippen LogP contribution < -0.4 is 10.5 Å². The first kappa shape index (κ1) is 10.8. The zero-order valence-corrected chi connectivity index (χ0v) is 8.11. The topological polar surface area (TPSA) is 35.2 Å². The third-order valence-electron chi connectivity index (χ3n) is 1.51. The Morgan fingerprint density at radius 1 is 1.36 bits per heavy atom. The number of hydrogen-bond donors (Lipinski definition) is 1. The van der Waals surface area contributed by atoms with Crippen LogP contribution in [-0.2, 0) is 0 Å². The molecule has 0 atom stereocenters. The second kappa shape index (κ2) is 4.85. The molecule has 14 heavy (non-hydrogen) atoms. The van der Waals surface area contributed by atoms with E-state index >= 15 is 0 Å². The maximum Gasteiger partial charge on any atom is 0.162 e. The molecule has 0 fully saturated rings. The van der Waals surface area contributed by atoms with Crippen LogP contribution >= 0.6 is 12.2 Å². The molecule has 0 radical (unpaired) electrons. The van der Waals surface area contributed by atoms with E-state index in [1.165, 1.54) is 6.07 Å². The number of rotatable bonds is 4. The normalized spacial score (nSPS) is 9.86. The first-order chi connectivity index (χ1) is 6.59. The van der Waals surface area contributed by atoms with Crippen molar-refractivity contribution in [2.75, 3.05) is 6.61 Å². The van der Waals surface area contributed by atoms with Crippen LogP contribution in [0, 0.1) is 11.6 Å². The van der Waals surface area contributed by atoms with E-state index in [1.807, 2.05) is 0 Å². The summed E-state index contributed by atoms with van der Waals surface area (Å²) in [6, 6.07) is 3.33.